The standard InChI is InChI=1S/C27H31NO4/c1-17(8-7-11-20-9-5-4-6-10-20)31-22-15-25-27(26(16-22)32-19(3)29)24-14-21(30)12-13-23(24)18(2)28-25/h4-6,9-10,14-18,23,28H,7-8,11-13H2,1-3H3/t17?,18-,23?/m0/s1. The fraction of sp³-hybridized carbons (Fsp3) is 0.407. The molecule has 1 aliphatic heterocycles. The Hall–Kier alpha value is -3.08. The summed E-state index contributed by atoms with van der Waals surface area (Å²) in [7, 11) is 0. The number of rotatable bonds is 7. The van der Waals surface area contributed by atoms with Crippen LogP contribution in [0.3, 0.4) is 0 Å². The first-order valence-electron chi connectivity index (χ1n) is 11.5. The van der Waals surface area contributed by atoms with Crippen LogP contribution in [0.1, 0.15) is 57.6 Å². The second kappa shape index (κ2) is 9.60. The van der Waals surface area contributed by atoms with Gasteiger partial charge in [-0.25, -0.2) is 0 Å². The second-order valence-corrected chi connectivity index (χ2v) is 8.89. The van der Waals surface area contributed by atoms with Gasteiger partial charge in [0.15, 0.2) is 5.78 Å². The van der Waals surface area contributed by atoms with E-state index in [9.17, 15) is 9.59 Å². The molecule has 168 valence electrons. The Morgan fingerprint density at radius 3 is 2.75 bits per heavy atom. The topological polar surface area (TPSA) is 64.6 Å². The Labute approximate surface area is 189 Å². The molecular formula is C27H31NO4. The van der Waals surface area contributed by atoms with Gasteiger partial charge in [-0.2, -0.15) is 0 Å². The number of nitrogens with one attached hydrogen (secondary N) is 1. The van der Waals surface area contributed by atoms with Crippen LogP contribution in [0.15, 0.2) is 48.5 Å². The monoisotopic (exact) mass is 433 g/mol. The fourth-order valence-electron chi connectivity index (χ4n) is 4.76. The molecule has 2 aromatic rings. The lowest BCUT2D eigenvalue weighted by atomic mass is 9.76. The number of carbonyl (C=O) groups excluding carboxylic acids is 2. The Balaban J connectivity index is 1.54. The van der Waals surface area contributed by atoms with Gasteiger partial charge >= 0.3 is 5.97 Å². The quantitative estimate of drug-likeness (QED) is 0.456. The third-order valence-corrected chi connectivity index (χ3v) is 6.28. The normalized spacial score (nSPS) is 20.3. The highest BCUT2D eigenvalue weighted by atomic mass is 16.5. The van der Waals surface area contributed by atoms with Gasteiger partial charge in [0.1, 0.15) is 11.5 Å². The van der Waals surface area contributed by atoms with Gasteiger partial charge in [0.05, 0.1) is 6.10 Å². The molecule has 32 heavy (non-hydrogen) atoms. The number of esters is 1. The minimum atomic E-state index is -0.391. The first-order valence-corrected chi connectivity index (χ1v) is 11.5. The molecular weight excluding hydrogens is 402 g/mol. The van der Waals surface area contributed by atoms with Crippen molar-refractivity contribution in [2.24, 2.45) is 5.92 Å². The number of hydrogen-bond acceptors (Lipinski definition) is 5. The third kappa shape index (κ3) is 5.04. The number of carbonyl (C=O) groups is 2. The van der Waals surface area contributed by atoms with Gasteiger partial charge in [0.2, 0.25) is 0 Å². The molecule has 0 radical (unpaired) electrons. The van der Waals surface area contributed by atoms with Crippen LogP contribution < -0.4 is 14.8 Å². The second-order valence-electron chi connectivity index (χ2n) is 8.89. The number of fused-ring (bicyclic) bond motifs is 3. The van der Waals surface area contributed by atoms with Crippen LogP contribution in [0, 0.1) is 5.92 Å². The molecule has 4 rings (SSSR count). The van der Waals surface area contributed by atoms with E-state index in [1.165, 1.54) is 12.5 Å². The average Bonchev–Trinajstić information content (AvgIpc) is 2.73. The molecule has 0 bridgehead atoms. The van der Waals surface area contributed by atoms with Crippen LogP contribution in [-0.2, 0) is 16.0 Å². The number of hydrogen-bond donors (Lipinski definition) is 1. The maximum Gasteiger partial charge on any atom is 0.308 e. The summed E-state index contributed by atoms with van der Waals surface area (Å²) in [6.45, 7) is 5.58. The van der Waals surface area contributed by atoms with E-state index in [1.807, 2.05) is 12.1 Å². The van der Waals surface area contributed by atoms with Crippen LogP contribution in [0.25, 0.3) is 5.57 Å². The van der Waals surface area contributed by atoms with Gasteiger partial charge in [-0.15, -0.1) is 0 Å². The summed E-state index contributed by atoms with van der Waals surface area (Å²) < 4.78 is 11.8. The molecule has 0 spiro atoms. The molecule has 2 unspecified atom stereocenters. The number of ketones is 1. The van der Waals surface area contributed by atoms with Crippen LogP contribution in [-0.4, -0.2) is 23.9 Å². The number of aryl methyl sites for hydroxylation is 1. The van der Waals surface area contributed by atoms with E-state index in [4.69, 9.17) is 9.47 Å². The summed E-state index contributed by atoms with van der Waals surface area (Å²) in [6, 6.07) is 14.4. The summed E-state index contributed by atoms with van der Waals surface area (Å²) >= 11 is 0. The minimum Gasteiger partial charge on any atom is -0.491 e. The van der Waals surface area contributed by atoms with Gasteiger partial charge in [-0.3, -0.25) is 9.59 Å². The van der Waals surface area contributed by atoms with Gasteiger partial charge in [0.25, 0.3) is 0 Å². The highest BCUT2D eigenvalue weighted by molar-refractivity contribution is 6.02. The van der Waals surface area contributed by atoms with E-state index in [0.717, 1.165) is 42.5 Å². The smallest absolute Gasteiger partial charge is 0.308 e. The van der Waals surface area contributed by atoms with E-state index < -0.39 is 5.97 Å². The first-order chi connectivity index (χ1) is 15.4. The van der Waals surface area contributed by atoms with E-state index in [-0.39, 0.29) is 23.8 Å². The Kier molecular flexibility index (Phi) is 6.63. The molecule has 2 aliphatic rings. The van der Waals surface area contributed by atoms with Crippen molar-refractivity contribution in [2.45, 2.75) is 65.0 Å². The van der Waals surface area contributed by atoms with Crippen LogP contribution in [0.5, 0.6) is 11.5 Å². The molecule has 3 atom stereocenters. The predicted octanol–water partition coefficient (Wildman–Crippen LogP) is 5.58. The van der Waals surface area contributed by atoms with Crippen molar-refractivity contribution < 1.29 is 19.1 Å². The number of ether oxygens (including phenoxy) is 2. The van der Waals surface area contributed by atoms with E-state index in [0.29, 0.717) is 17.9 Å². The maximum absolute atomic E-state index is 12.2. The Morgan fingerprint density at radius 1 is 1.22 bits per heavy atom. The predicted molar refractivity (Wildman–Crippen MR) is 126 cm³/mol. The minimum absolute atomic E-state index is 0.0196. The zero-order valence-corrected chi connectivity index (χ0v) is 19.0. The third-order valence-electron chi connectivity index (χ3n) is 6.28. The Morgan fingerprint density at radius 2 is 2.00 bits per heavy atom. The highest BCUT2D eigenvalue weighted by Gasteiger charge is 2.35. The van der Waals surface area contributed by atoms with Gasteiger partial charge in [-0.05, 0) is 56.7 Å². The summed E-state index contributed by atoms with van der Waals surface area (Å²) in [4.78, 5) is 24.0. The fourth-order valence-corrected chi connectivity index (χ4v) is 4.76. The molecule has 0 saturated carbocycles. The van der Waals surface area contributed by atoms with Crippen molar-refractivity contribution in [1.82, 2.24) is 0 Å². The summed E-state index contributed by atoms with van der Waals surface area (Å²) in [5, 5.41) is 3.54. The van der Waals surface area contributed by atoms with Gasteiger partial charge < -0.3 is 14.8 Å². The lowest BCUT2D eigenvalue weighted by Crippen LogP contribution is -2.34. The van der Waals surface area contributed by atoms with E-state index in [2.05, 4.69) is 43.4 Å². The van der Waals surface area contributed by atoms with Crippen LogP contribution >= 0.6 is 0 Å². The van der Waals surface area contributed by atoms with Crippen molar-refractivity contribution in [3.05, 3.63) is 59.7 Å². The molecule has 2 aromatic carbocycles. The zero-order valence-electron chi connectivity index (χ0n) is 19.0. The number of benzene rings is 2. The number of allylic oxidation sites excluding steroid dienone is 1. The SMILES string of the molecule is CC(=O)Oc1cc(OC(C)CCCc2ccccc2)cc2c1C1=CC(=O)CCC1[C@H](C)N2. The molecule has 0 fully saturated rings. The zero-order chi connectivity index (χ0) is 22.7. The summed E-state index contributed by atoms with van der Waals surface area (Å²) in [5.41, 5.74) is 3.94. The molecule has 5 nitrogen and oxygen atoms in total. The van der Waals surface area contributed by atoms with Gasteiger partial charge in [-0.1, -0.05) is 30.3 Å². The first kappa shape index (κ1) is 22.1. The number of anilines is 1. The molecule has 1 heterocycles. The van der Waals surface area contributed by atoms with E-state index in [1.54, 1.807) is 12.1 Å². The van der Waals surface area contributed by atoms with Crippen molar-refractivity contribution in [1.29, 1.82) is 0 Å². The average molecular weight is 434 g/mol. The van der Waals surface area contributed by atoms with Crippen molar-refractivity contribution in [3.63, 3.8) is 0 Å². The molecule has 0 aromatic heterocycles. The maximum atomic E-state index is 12.2. The van der Waals surface area contributed by atoms with Gasteiger partial charge in [0, 0.05) is 48.7 Å². The van der Waals surface area contributed by atoms with Crippen molar-refractivity contribution >= 4 is 23.0 Å². The summed E-state index contributed by atoms with van der Waals surface area (Å²) in [6.07, 6.45) is 6.06. The lowest BCUT2D eigenvalue weighted by molar-refractivity contribution is -0.131. The largest absolute Gasteiger partial charge is 0.491 e. The lowest BCUT2D eigenvalue weighted by Gasteiger charge is -2.37. The summed E-state index contributed by atoms with van der Waals surface area (Å²) in [5.74, 6) is 1.06. The van der Waals surface area contributed by atoms with Crippen LogP contribution in [0.4, 0.5) is 5.69 Å². The highest BCUT2D eigenvalue weighted by Crippen LogP contribution is 2.48. The molecule has 0 saturated heterocycles. The van der Waals surface area contributed by atoms with E-state index >= 15 is 0 Å². The van der Waals surface area contributed by atoms with Crippen molar-refractivity contribution in [2.75, 3.05) is 5.32 Å². The molecule has 1 aliphatic carbocycles. The molecule has 0 amide bonds. The van der Waals surface area contributed by atoms with Crippen LogP contribution in [0.2, 0.25) is 0 Å². The molecule has 5 heteroatoms. The molecule has 1 N–H and O–H groups in total. The van der Waals surface area contributed by atoms with Crippen molar-refractivity contribution in [3.8, 4) is 11.5 Å². The Bertz CT molecular complexity index is 1030.